The first kappa shape index (κ1) is 20.3. The van der Waals surface area contributed by atoms with Crippen molar-refractivity contribution in [1.29, 1.82) is 0 Å². The summed E-state index contributed by atoms with van der Waals surface area (Å²) in [6.45, 7) is 0. The lowest BCUT2D eigenvalue weighted by Gasteiger charge is -2.13. The number of benzene rings is 2. The van der Waals surface area contributed by atoms with E-state index in [1.54, 1.807) is 34.9 Å². The highest BCUT2D eigenvalue weighted by Crippen LogP contribution is 2.29. The molecule has 4 rings (SSSR count). The molecule has 0 fully saturated rings. The summed E-state index contributed by atoms with van der Waals surface area (Å²) >= 11 is 5.73. The second kappa shape index (κ2) is 8.41. The molecule has 31 heavy (non-hydrogen) atoms. The van der Waals surface area contributed by atoms with E-state index in [4.69, 9.17) is 16.3 Å². The second-order valence-corrected chi connectivity index (χ2v) is 6.90. The number of pyridine rings is 1. The molecule has 2 heterocycles. The molecule has 0 unspecified atom stereocenters. The second-order valence-electron chi connectivity index (χ2n) is 6.46. The maximum atomic E-state index is 14.1. The van der Waals surface area contributed by atoms with Gasteiger partial charge in [0.15, 0.2) is 5.65 Å². The number of fused-ring (bicyclic) bond motifs is 1. The van der Waals surface area contributed by atoms with Gasteiger partial charge in [0.2, 0.25) is 0 Å². The van der Waals surface area contributed by atoms with Gasteiger partial charge in [0.1, 0.15) is 17.9 Å². The standard InChI is InChI=1S/C21H15ClFN5O3/c1-31-18-6-4-14(25-20(29)12-2-7-19-27-24-11-28(19)10-12)9-17(18)26-21(30)15-5-3-13(22)8-16(15)23/h2-11H,1H3,(H,25,29)(H,26,30). The number of methoxy groups -OCH3 is 1. The molecule has 156 valence electrons. The van der Waals surface area contributed by atoms with Crippen LogP contribution in [0.3, 0.4) is 0 Å². The SMILES string of the molecule is COc1ccc(NC(=O)c2ccc3nncn3c2)cc1NC(=O)c1ccc(Cl)cc1F. The molecule has 0 radical (unpaired) electrons. The maximum Gasteiger partial charge on any atom is 0.258 e. The van der Waals surface area contributed by atoms with Crippen LogP contribution in [0.25, 0.3) is 5.65 Å². The number of nitrogens with zero attached hydrogens (tertiary/aromatic N) is 3. The Labute approximate surface area is 180 Å². The van der Waals surface area contributed by atoms with Gasteiger partial charge in [0.25, 0.3) is 11.8 Å². The minimum absolute atomic E-state index is 0.178. The highest BCUT2D eigenvalue weighted by atomic mass is 35.5. The van der Waals surface area contributed by atoms with Crippen molar-refractivity contribution in [2.45, 2.75) is 0 Å². The number of ether oxygens (including phenoxy) is 1. The van der Waals surface area contributed by atoms with Gasteiger partial charge in [-0.2, -0.15) is 0 Å². The predicted molar refractivity (Wildman–Crippen MR) is 113 cm³/mol. The molecule has 0 bridgehead atoms. The zero-order chi connectivity index (χ0) is 22.0. The average molecular weight is 440 g/mol. The number of nitrogens with one attached hydrogen (secondary N) is 2. The average Bonchev–Trinajstić information content (AvgIpc) is 3.21. The van der Waals surface area contributed by atoms with Gasteiger partial charge >= 0.3 is 0 Å². The summed E-state index contributed by atoms with van der Waals surface area (Å²) in [4.78, 5) is 25.1. The molecule has 0 aliphatic heterocycles. The molecule has 2 amide bonds. The first-order chi connectivity index (χ1) is 14.9. The number of carbonyl (C=O) groups excluding carboxylic acids is 2. The van der Waals surface area contributed by atoms with E-state index in [1.165, 1.54) is 31.6 Å². The molecule has 10 heteroatoms. The van der Waals surface area contributed by atoms with Gasteiger partial charge in [0.05, 0.1) is 23.9 Å². The van der Waals surface area contributed by atoms with Gasteiger partial charge in [-0.05, 0) is 48.5 Å². The Balaban J connectivity index is 1.56. The van der Waals surface area contributed by atoms with Crippen molar-refractivity contribution < 1.29 is 18.7 Å². The molecule has 2 aromatic heterocycles. The van der Waals surface area contributed by atoms with E-state index >= 15 is 0 Å². The lowest BCUT2D eigenvalue weighted by molar-refractivity contribution is 0.101. The number of anilines is 2. The molecule has 8 nitrogen and oxygen atoms in total. The van der Waals surface area contributed by atoms with Crippen LogP contribution in [0, 0.1) is 5.82 Å². The van der Waals surface area contributed by atoms with Gasteiger partial charge in [-0.1, -0.05) is 11.6 Å². The van der Waals surface area contributed by atoms with Crippen LogP contribution in [0.15, 0.2) is 61.1 Å². The fourth-order valence-corrected chi connectivity index (χ4v) is 3.07. The summed E-state index contributed by atoms with van der Waals surface area (Å²) < 4.78 is 20.9. The van der Waals surface area contributed by atoms with Crippen molar-refractivity contribution in [3.63, 3.8) is 0 Å². The topological polar surface area (TPSA) is 97.6 Å². The maximum absolute atomic E-state index is 14.1. The molecule has 0 saturated heterocycles. The Morgan fingerprint density at radius 1 is 1.06 bits per heavy atom. The fourth-order valence-electron chi connectivity index (χ4n) is 2.91. The molecular formula is C21H15ClFN5O3. The van der Waals surface area contributed by atoms with Gasteiger partial charge in [0, 0.05) is 16.9 Å². The first-order valence-corrected chi connectivity index (χ1v) is 9.37. The zero-order valence-corrected chi connectivity index (χ0v) is 16.9. The Bertz CT molecular complexity index is 1310. The summed E-state index contributed by atoms with van der Waals surface area (Å²) in [5.74, 6) is -1.47. The van der Waals surface area contributed by atoms with Crippen LogP contribution < -0.4 is 15.4 Å². The van der Waals surface area contributed by atoms with Crippen molar-refractivity contribution in [2.24, 2.45) is 0 Å². The van der Waals surface area contributed by atoms with Crippen LogP contribution >= 0.6 is 11.6 Å². The van der Waals surface area contributed by atoms with E-state index in [0.29, 0.717) is 22.6 Å². The minimum atomic E-state index is -0.752. The lowest BCUT2D eigenvalue weighted by atomic mass is 10.2. The number of halogens is 2. The summed E-state index contributed by atoms with van der Waals surface area (Å²) in [5, 5.41) is 13.2. The van der Waals surface area contributed by atoms with Crippen molar-refractivity contribution in [1.82, 2.24) is 14.6 Å². The van der Waals surface area contributed by atoms with Crippen LogP contribution in [0.4, 0.5) is 15.8 Å². The predicted octanol–water partition coefficient (Wildman–Crippen LogP) is 4.04. The zero-order valence-electron chi connectivity index (χ0n) is 16.1. The highest BCUT2D eigenvalue weighted by molar-refractivity contribution is 6.30. The molecule has 0 aliphatic rings. The van der Waals surface area contributed by atoms with Crippen LogP contribution in [0.1, 0.15) is 20.7 Å². The number of amides is 2. The number of hydrogen-bond acceptors (Lipinski definition) is 5. The third-order valence-corrected chi connectivity index (χ3v) is 4.67. The molecule has 2 N–H and O–H groups in total. The van der Waals surface area contributed by atoms with E-state index < -0.39 is 11.7 Å². The van der Waals surface area contributed by atoms with Crippen LogP contribution in [-0.4, -0.2) is 33.5 Å². The summed E-state index contributed by atoms with van der Waals surface area (Å²) in [6, 6.07) is 11.7. The number of rotatable bonds is 5. The highest BCUT2D eigenvalue weighted by Gasteiger charge is 2.16. The van der Waals surface area contributed by atoms with Crippen molar-refractivity contribution in [2.75, 3.05) is 17.7 Å². The molecular weight excluding hydrogens is 425 g/mol. The van der Waals surface area contributed by atoms with Gasteiger partial charge in [-0.25, -0.2) is 4.39 Å². The number of aromatic nitrogens is 3. The van der Waals surface area contributed by atoms with Crippen molar-refractivity contribution >= 4 is 40.4 Å². The van der Waals surface area contributed by atoms with Crippen molar-refractivity contribution in [3.05, 3.63) is 83.0 Å². The van der Waals surface area contributed by atoms with Crippen molar-refractivity contribution in [3.8, 4) is 5.75 Å². The summed E-state index contributed by atoms with van der Waals surface area (Å²) in [7, 11) is 1.43. The Hall–Kier alpha value is -3.98. The third kappa shape index (κ3) is 4.31. The Morgan fingerprint density at radius 3 is 2.68 bits per heavy atom. The molecule has 2 aromatic carbocycles. The van der Waals surface area contributed by atoms with Crippen LogP contribution in [-0.2, 0) is 0 Å². The molecule has 0 atom stereocenters. The first-order valence-electron chi connectivity index (χ1n) is 9.00. The van der Waals surface area contributed by atoms with Crippen LogP contribution in [0.2, 0.25) is 5.02 Å². The van der Waals surface area contributed by atoms with E-state index in [2.05, 4.69) is 20.8 Å². The monoisotopic (exact) mass is 439 g/mol. The molecule has 4 aromatic rings. The minimum Gasteiger partial charge on any atom is -0.495 e. The smallest absolute Gasteiger partial charge is 0.258 e. The van der Waals surface area contributed by atoms with E-state index in [9.17, 15) is 14.0 Å². The summed E-state index contributed by atoms with van der Waals surface area (Å²) in [6.07, 6.45) is 3.09. The Morgan fingerprint density at radius 2 is 1.90 bits per heavy atom. The van der Waals surface area contributed by atoms with Gasteiger partial charge in [-0.3, -0.25) is 14.0 Å². The molecule has 0 saturated carbocycles. The van der Waals surface area contributed by atoms with Crippen LogP contribution in [0.5, 0.6) is 5.75 Å². The van der Waals surface area contributed by atoms with E-state index in [1.807, 2.05) is 0 Å². The number of hydrogen-bond donors (Lipinski definition) is 2. The van der Waals surface area contributed by atoms with Gasteiger partial charge in [-0.15, -0.1) is 10.2 Å². The molecule has 0 spiro atoms. The summed E-state index contributed by atoms with van der Waals surface area (Å²) in [5.41, 5.74) is 1.48. The number of carbonyl (C=O) groups is 2. The lowest BCUT2D eigenvalue weighted by Crippen LogP contribution is -2.16. The quantitative estimate of drug-likeness (QED) is 0.489. The van der Waals surface area contributed by atoms with E-state index in [-0.39, 0.29) is 22.2 Å². The van der Waals surface area contributed by atoms with Gasteiger partial charge < -0.3 is 15.4 Å². The van der Waals surface area contributed by atoms with E-state index in [0.717, 1.165) is 6.07 Å². The fraction of sp³-hybridized carbons (Fsp3) is 0.0476. The molecule has 0 aliphatic carbocycles. The largest absolute Gasteiger partial charge is 0.495 e. The Kier molecular flexibility index (Phi) is 5.50. The normalized spacial score (nSPS) is 10.7. The third-order valence-electron chi connectivity index (χ3n) is 4.43.